The van der Waals surface area contributed by atoms with E-state index in [4.69, 9.17) is 15.1 Å². The average molecular weight is 304 g/mol. The highest BCUT2D eigenvalue weighted by atomic mass is 16.7. The van der Waals surface area contributed by atoms with Crippen LogP contribution in [-0.4, -0.2) is 51.0 Å². The Morgan fingerprint density at radius 2 is 1.90 bits per heavy atom. The minimum atomic E-state index is -0.770. The Balaban J connectivity index is 2.41. The van der Waals surface area contributed by atoms with E-state index < -0.39 is 11.5 Å². The van der Waals surface area contributed by atoms with Gasteiger partial charge in [-0.2, -0.15) is 0 Å². The Morgan fingerprint density at radius 3 is 2.33 bits per heavy atom. The number of aliphatic carboxylic acids is 1. The van der Waals surface area contributed by atoms with Crippen LogP contribution in [0.25, 0.3) is 0 Å². The molecule has 1 aliphatic carbocycles. The summed E-state index contributed by atoms with van der Waals surface area (Å²) < 4.78 is 0. The summed E-state index contributed by atoms with van der Waals surface area (Å²) >= 11 is 0. The first kappa shape index (κ1) is 17.6. The van der Waals surface area contributed by atoms with E-state index in [-0.39, 0.29) is 25.2 Å². The first-order chi connectivity index (χ1) is 9.75. The molecule has 1 aliphatic rings. The van der Waals surface area contributed by atoms with Gasteiger partial charge in [0.1, 0.15) is 6.54 Å². The molecular formula is C13H26N3O5+. The van der Waals surface area contributed by atoms with Crippen LogP contribution in [0.1, 0.15) is 46.5 Å². The van der Waals surface area contributed by atoms with Crippen molar-refractivity contribution in [2.45, 2.75) is 58.1 Å². The van der Waals surface area contributed by atoms with Crippen molar-refractivity contribution < 1.29 is 24.8 Å². The fourth-order valence-electron chi connectivity index (χ4n) is 2.39. The van der Waals surface area contributed by atoms with Crippen molar-refractivity contribution in [3.8, 4) is 0 Å². The smallest absolute Gasteiger partial charge is 0.306 e. The predicted octanol–water partition coefficient (Wildman–Crippen LogP) is 0.853. The lowest BCUT2D eigenvalue weighted by Gasteiger charge is -2.28. The number of nitrogens with zero attached hydrogens (tertiary/aromatic N) is 2. The molecule has 0 radical (unpaired) electrons. The van der Waals surface area contributed by atoms with Crippen LogP contribution in [-0.2, 0) is 9.63 Å². The third kappa shape index (κ3) is 5.47. The molecule has 0 aliphatic heterocycles. The van der Waals surface area contributed by atoms with Crippen LogP contribution < -0.4 is 5.59 Å². The van der Waals surface area contributed by atoms with Crippen LogP contribution in [0.3, 0.4) is 0 Å². The molecule has 8 heteroatoms. The second kappa shape index (κ2) is 7.56. The standard InChI is InChI=1S/C13H25N3O5/c1-13(2,3)15(8-9-17)16(20)14-21-11-6-4-10(5-7-11)12(18)19/h10-11,17H,4-9H2,1-3H3,(H-,14,18,19,20)/p+1. The quantitative estimate of drug-likeness (QED) is 0.473. The molecule has 0 bridgehead atoms. The van der Waals surface area contributed by atoms with E-state index >= 15 is 0 Å². The maximum Gasteiger partial charge on any atom is 0.306 e. The van der Waals surface area contributed by atoms with Crippen molar-refractivity contribution in [3.63, 3.8) is 0 Å². The number of nitroso groups, excluding NO2 is 1. The second-order valence-corrected chi connectivity index (χ2v) is 6.31. The number of hydrogen-bond donors (Lipinski definition) is 3. The van der Waals surface area contributed by atoms with Crippen LogP contribution >= 0.6 is 0 Å². The number of rotatable bonds is 7. The summed E-state index contributed by atoms with van der Waals surface area (Å²) in [7, 11) is 0. The molecule has 0 atom stereocenters. The lowest BCUT2D eigenvalue weighted by Crippen LogP contribution is -2.53. The zero-order valence-corrected chi connectivity index (χ0v) is 12.9. The van der Waals surface area contributed by atoms with Gasteiger partial charge in [-0.15, -0.1) is 5.01 Å². The van der Waals surface area contributed by atoms with Gasteiger partial charge in [-0.3, -0.25) is 4.79 Å². The number of aliphatic hydroxyl groups excluding tert-OH is 1. The summed E-state index contributed by atoms with van der Waals surface area (Å²) in [6.45, 7) is 5.62. The molecule has 0 amide bonds. The third-order valence-electron chi connectivity index (χ3n) is 3.63. The highest BCUT2D eigenvalue weighted by Gasteiger charge is 2.35. The Bertz CT molecular complexity index is 361. The number of aliphatic hydroxyl groups is 1. The van der Waals surface area contributed by atoms with Gasteiger partial charge in [0.15, 0.2) is 0 Å². The van der Waals surface area contributed by atoms with Crippen LogP contribution in [0, 0.1) is 10.8 Å². The van der Waals surface area contributed by atoms with Crippen molar-refractivity contribution in [1.82, 2.24) is 10.6 Å². The molecule has 8 nitrogen and oxygen atoms in total. The average Bonchev–Trinajstić information content (AvgIpc) is 2.41. The van der Waals surface area contributed by atoms with E-state index in [9.17, 15) is 9.70 Å². The molecular weight excluding hydrogens is 278 g/mol. The number of hydrogen-bond acceptors (Lipinski definition) is 4. The molecule has 1 saturated carbocycles. The normalized spacial score (nSPS) is 22.7. The lowest BCUT2D eigenvalue weighted by atomic mass is 9.88. The second-order valence-electron chi connectivity index (χ2n) is 6.31. The van der Waals surface area contributed by atoms with Gasteiger partial charge in [-0.1, -0.05) is 0 Å². The summed E-state index contributed by atoms with van der Waals surface area (Å²) in [5.41, 5.74) is 1.88. The van der Waals surface area contributed by atoms with Gasteiger partial charge < -0.3 is 10.2 Å². The van der Waals surface area contributed by atoms with E-state index in [0.29, 0.717) is 30.7 Å². The molecule has 0 spiro atoms. The summed E-state index contributed by atoms with van der Waals surface area (Å²) in [6.07, 6.45) is 2.15. The number of nitrogens with one attached hydrogen (secondary N) is 1. The third-order valence-corrected chi connectivity index (χ3v) is 3.63. The number of carbonyl (C=O) groups is 1. The molecule has 0 saturated heterocycles. The zero-order valence-electron chi connectivity index (χ0n) is 12.9. The summed E-state index contributed by atoms with van der Waals surface area (Å²) in [5, 5.41) is 19.3. The summed E-state index contributed by atoms with van der Waals surface area (Å²) in [6, 6.07) is 0. The molecule has 0 unspecified atom stereocenters. The number of carboxylic acid groups (broad SMARTS) is 1. The highest BCUT2D eigenvalue weighted by molar-refractivity contribution is 5.69. The fraction of sp³-hybridized carbons (Fsp3) is 0.923. The van der Waals surface area contributed by atoms with Crippen LogP contribution in [0.2, 0.25) is 0 Å². The van der Waals surface area contributed by atoms with E-state index in [2.05, 4.69) is 5.59 Å². The molecule has 1 rings (SSSR count). The molecule has 0 aromatic carbocycles. The van der Waals surface area contributed by atoms with E-state index in [0.717, 1.165) is 0 Å². The van der Waals surface area contributed by atoms with Crippen molar-refractivity contribution >= 4 is 5.97 Å². The van der Waals surface area contributed by atoms with E-state index in [1.54, 1.807) is 0 Å². The SMILES string of the molecule is CC(C)(C)N(CCO)[N+](=O)NOC1CCC(C(=O)O)CC1. The number of carboxylic acids is 1. The first-order valence-corrected chi connectivity index (χ1v) is 7.25. The van der Waals surface area contributed by atoms with Gasteiger partial charge in [0.25, 0.3) is 4.98 Å². The Labute approximate surface area is 124 Å². The molecule has 0 aromatic rings. The fourth-order valence-corrected chi connectivity index (χ4v) is 2.39. The summed E-state index contributed by atoms with van der Waals surface area (Å²) in [5.74, 6) is -1.08. The first-order valence-electron chi connectivity index (χ1n) is 7.25. The molecule has 21 heavy (non-hydrogen) atoms. The van der Waals surface area contributed by atoms with Gasteiger partial charge >= 0.3 is 5.97 Å². The van der Waals surface area contributed by atoms with Crippen LogP contribution in [0.5, 0.6) is 0 Å². The van der Waals surface area contributed by atoms with Gasteiger partial charge in [0, 0.05) is 5.59 Å². The van der Waals surface area contributed by atoms with Gasteiger partial charge in [0.2, 0.25) is 0 Å². The Hall–Kier alpha value is -1.41. The van der Waals surface area contributed by atoms with Gasteiger partial charge in [-0.25, -0.2) is 4.84 Å². The van der Waals surface area contributed by atoms with E-state index in [1.807, 2.05) is 20.8 Å². The van der Waals surface area contributed by atoms with Crippen LogP contribution in [0.15, 0.2) is 0 Å². The predicted molar refractivity (Wildman–Crippen MR) is 74.8 cm³/mol. The molecule has 1 fully saturated rings. The number of β-amino-alcohol motifs (C(OH)–C–C–N with tert-alkyl or cyclic N) is 1. The molecule has 3 N–H and O–H groups in total. The molecule has 0 heterocycles. The maximum absolute atomic E-state index is 12.0. The monoisotopic (exact) mass is 304 g/mol. The topological polar surface area (TPSA) is 102 Å². The highest BCUT2D eigenvalue weighted by Crippen LogP contribution is 2.25. The lowest BCUT2D eigenvalue weighted by molar-refractivity contribution is -0.802. The molecule has 0 aromatic heterocycles. The van der Waals surface area contributed by atoms with Gasteiger partial charge in [-0.05, 0) is 46.5 Å². The van der Waals surface area contributed by atoms with Crippen molar-refractivity contribution in [2.24, 2.45) is 5.92 Å². The Morgan fingerprint density at radius 1 is 1.33 bits per heavy atom. The molecule has 122 valence electrons. The zero-order chi connectivity index (χ0) is 16.0. The van der Waals surface area contributed by atoms with Crippen molar-refractivity contribution in [2.75, 3.05) is 13.2 Å². The largest absolute Gasteiger partial charge is 0.481 e. The van der Waals surface area contributed by atoms with Gasteiger partial charge in [0.05, 0.1) is 29.1 Å². The summed E-state index contributed by atoms with van der Waals surface area (Å²) in [4.78, 5) is 28.7. The maximum atomic E-state index is 12.0. The van der Waals surface area contributed by atoms with Crippen molar-refractivity contribution in [1.29, 1.82) is 0 Å². The minimum Gasteiger partial charge on any atom is -0.481 e. The van der Waals surface area contributed by atoms with Crippen molar-refractivity contribution in [3.05, 3.63) is 4.91 Å². The van der Waals surface area contributed by atoms with Crippen LogP contribution in [0.4, 0.5) is 0 Å². The number of hydrazine groups is 2. The Kier molecular flexibility index (Phi) is 6.35. The van der Waals surface area contributed by atoms with E-state index in [1.165, 1.54) is 5.01 Å². The minimum absolute atomic E-state index is 0.137.